The lowest BCUT2D eigenvalue weighted by Gasteiger charge is -2.30. The Labute approximate surface area is 219 Å². The Bertz CT molecular complexity index is 1440. The normalized spacial score (nSPS) is 17.9. The molecule has 3 N–H and O–H groups in total. The molecule has 0 bridgehead atoms. The van der Waals surface area contributed by atoms with Crippen LogP contribution in [0.15, 0.2) is 41.4 Å². The van der Waals surface area contributed by atoms with Crippen LogP contribution in [0.4, 0.5) is 11.4 Å². The summed E-state index contributed by atoms with van der Waals surface area (Å²) in [5.74, 6) is -0.120. The third kappa shape index (κ3) is 5.00. The first-order valence-electron chi connectivity index (χ1n) is 13.2. The van der Waals surface area contributed by atoms with Gasteiger partial charge in [0.15, 0.2) is 0 Å². The van der Waals surface area contributed by atoms with E-state index in [1.54, 1.807) is 16.4 Å². The molecule has 2 aliphatic rings. The van der Waals surface area contributed by atoms with Crippen LogP contribution in [-0.4, -0.2) is 55.4 Å². The number of nitrogens with zero attached hydrogens (tertiary/aromatic N) is 2. The molecule has 2 saturated heterocycles. The number of nitrogens with one attached hydrogen (secondary N) is 3. The largest absolute Gasteiger partial charge is 0.379 e. The van der Waals surface area contributed by atoms with Crippen molar-refractivity contribution in [3.8, 4) is 0 Å². The van der Waals surface area contributed by atoms with E-state index < -0.39 is 16.1 Å². The number of anilines is 2. The lowest BCUT2D eigenvalue weighted by atomic mass is 10.1. The predicted molar refractivity (Wildman–Crippen MR) is 149 cm³/mol. The molecular formula is C28H37N5O3S. The van der Waals surface area contributed by atoms with Crippen LogP contribution in [0.25, 0.3) is 10.9 Å². The summed E-state index contributed by atoms with van der Waals surface area (Å²) in [5.41, 5.74) is 5.77. The van der Waals surface area contributed by atoms with Crippen LogP contribution in [0.5, 0.6) is 0 Å². The third-order valence-electron chi connectivity index (χ3n) is 7.72. The van der Waals surface area contributed by atoms with E-state index in [4.69, 9.17) is 0 Å². The molecule has 2 aliphatic heterocycles. The number of benzene rings is 2. The zero-order chi connectivity index (χ0) is 26.3. The Morgan fingerprint density at radius 1 is 0.973 bits per heavy atom. The first kappa shape index (κ1) is 25.8. The molecule has 1 atom stereocenters. The van der Waals surface area contributed by atoms with E-state index in [1.165, 1.54) is 0 Å². The first-order chi connectivity index (χ1) is 17.6. The van der Waals surface area contributed by atoms with E-state index in [2.05, 4.69) is 28.9 Å². The molecular weight excluding hydrogens is 486 g/mol. The fourth-order valence-corrected chi connectivity index (χ4v) is 6.80. The van der Waals surface area contributed by atoms with Gasteiger partial charge in [-0.25, -0.2) is 8.42 Å². The van der Waals surface area contributed by atoms with Gasteiger partial charge in [0.1, 0.15) is 6.04 Å². The van der Waals surface area contributed by atoms with Crippen molar-refractivity contribution in [2.24, 2.45) is 0 Å². The van der Waals surface area contributed by atoms with Gasteiger partial charge >= 0.3 is 0 Å². The van der Waals surface area contributed by atoms with Gasteiger partial charge in [0.05, 0.1) is 10.9 Å². The molecule has 3 heterocycles. The molecule has 0 spiro atoms. The van der Waals surface area contributed by atoms with E-state index in [9.17, 15) is 13.2 Å². The van der Waals surface area contributed by atoms with Gasteiger partial charge in [0.25, 0.3) is 0 Å². The number of aromatic nitrogens is 1. The summed E-state index contributed by atoms with van der Waals surface area (Å²) >= 11 is 0. The zero-order valence-electron chi connectivity index (χ0n) is 22.1. The van der Waals surface area contributed by atoms with Gasteiger partial charge in [-0.1, -0.05) is 12.5 Å². The molecule has 8 nitrogen and oxygen atoms in total. The predicted octanol–water partition coefficient (Wildman–Crippen LogP) is 4.32. The minimum Gasteiger partial charge on any atom is -0.379 e. The molecule has 0 aliphatic carbocycles. The number of hydrogen-bond acceptors (Lipinski definition) is 5. The molecule has 2 fully saturated rings. The van der Waals surface area contributed by atoms with E-state index in [-0.39, 0.29) is 5.91 Å². The fraction of sp³-hybridized carbons (Fsp3) is 0.464. The Hall–Kier alpha value is -2.88. The smallest absolute Gasteiger partial charge is 0.247 e. The summed E-state index contributed by atoms with van der Waals surface area (Å²) in [6.45, 7) is 10.9. The standard InChI is InChI=1S/C28H37N5O3S/c1-18-12-19(2)26(14-25(18)30-22-15-29-16-22)31-28(34)21(4)33-17-20(3)24-13-23(8-9-27(24)33)37(35,36)32-10-6-5-7-11-32/h8-9,12-14,17,21-22,29-30H,5-7,10-11,15-16H2,1-4H3,(H,31,34). The van der Waals surface area contributed by atoms with Crippen molar-refractivity contribution in [2.45, 2.75) is 63.9 Å². The summed E-state index contributed by atoms with van der Waals surface area (Å²) < 4.78 is 30.0. The van der Waals surface area contributed by atoms with Gasteiger partial charge in [-0.05, 0) is 81.5 Å². The number of carbonyl (C=O) groups is 1. The summed E-state index contributed by atoms with van der Waals surface area (Å²) in [6.07, 6.45) is 4.81. The summed E-state index contributed by atoms with van der Waals surface area (Å²) in [5, 5.41) is 10.8. The fourth-order valence-electron chi connectivity index (χ4n) is 5.26. The van der Waals surface area contributed by atoms with Crippen LogP contribution in [0, 0.1) is 20.8 Å². The number of fused-ring (bicyclic) bond motifs is 1. The number of sulfonamides is 1. The first-order valence-corrected chi connectivity index (χ1v) is 14.6. The topological polar surface area (TPSA) is 95.5 Å². The second-order valence-corrected chi connectivity index (χ2v) is 12.4. The number of hydrogen-bond donors (Lipinski definition) is 3. The molecule has 0 saturated carbocycles. The highest BCUT2D eigenvalue weighted by Crippen LogP contribution is 2.31. The second kappa shape index (κ2) is 10.1. The summed E-state index contributed by atoms with van der Waals surface area (Å²) in [4.78, 5) is 13.7. The number of aryl methyl sites for hydroxylation is 3. The average Bonchev–Trinajstić information content (AvgIpc) is 3.19. The number of amides is 1. The van der Waals surface area contributed by atoms with Crippen molar-refractivity contribution in [2.75, 3.05) is 36.8 Å². The molecule has 198 valence electrons. The van der Waals surface area contributed by atoms with E-state index in [1.807, 2.05) is 43.7 Å². The maximum absolute atomic E-state index is 13.4. The summed E-state index contributed by atoms with van der Waals surface area (Å²) in [6, 6.07) is 9.29. The van der Waals surface area contributed by atoms with Crippen LogP contribution in [0.3, 0.4) is 0 Å². The number of rotatable bonds is 7. The van der Waals surface area contributed by atoms with Crippen LogP contribution in [-0.2, 0) is 14.8 Å². The zero-order valence-corrected chi connectivity index (χ0v) is 22.9. The molecule has 3 aromatic rings. The van der Waals surface area contributed by atoms with Gasteiger partial charge in [0, 0.05) is 54.7 Å². The van der Waals surface area contributed by atoms with Crippen molar-refractivity contribution in [1.82, 2.24) is 14.2 Å². The molecule has 1 amide bonds. The van der Waals surface area contributed by atoms with Crippen LogP contribution in [0.2, 0.25) is 0 Å². The van der Waals surface area contributed by atoms with E-state index in [0.717, 1.165) is 71.3 Å². The molecule has 1 unspecified atom stereocenters. The van der Waals surface area contributed by atoms with Crippen molar-refractivity contribution in [3.05, 3.63) is 53.2 Å². The van der Waals surface area contributed by atoms with E-state index >= 15 is 0 Å². The van der Waals surface area contributed by atoms with Crippen LogP contribution >= 0.6 is 0 Å². The SMILES string of the molecule is Cc1cc(C)c(NC2CNC2)cc1NC(=O)C(C)n1cc(C)c2cc(S(=O)(=O)N3CCCCC3)ccc21. The molecule has 9 heteroatoms. The molecule has 1 aromatic heterocycles. The Kier molecular flexibility index (Phi) is 7.04. The maximum Gasteiger partial charge on any atom is 0.247 e. The summed E-state index contributed by atoms with van der Waals surface area (Å²) in [7, 11) is -3.52. The van der Waals surface area contributed by atoms with Gasteiger partial charge in [-0.15, -0.1) is 0 Å². The maximum atomic E-state index is 13.4. The Morgan fingerprint density at radius 2 is 1.68 bits per heavy atom. The lowest BCUT2D eigenvalue weighted by molar-refractivity contribution is -0.118. The minimum atomic E-state index is -3.52. The average molecular weight is 524 g/mol. The van der Waals surface area contributed by atoms with Crippen molar-refractivity contribution < 1.29 is 13.2 Å². The Balaban J connectivity index is 1.39. The Morgan fingerprint density at radius 3 is 2.35 bits per heavy atom. The second-order valence-electron chi connectivity index (χ2n) is 10.5. The van der Waals surface area contributed by atoms with Crippen LogP contribution in [0.1, 0.15) is 48.9 Å². The third-order valence-corrected chi connectivity index (χ3v) is 9.62. The molecule has 5 rings (SSSR count). The lowest BCUT2D eigenvalue weighted by Crippen LogP contribution is -2.51. The monoisotopic (exact) mass is 523 g/mol. The van der Waals surface area contributed by atoms with Crippen molar-refractivity contribution >= 4 is 38.2 Å². The van der Waals surface area contributed by atoms with Gasteiger partial charge in [-0.3, -0.25) is 4.79 Å². The molecule has 0 radical (unpaired) electrons. The van der Waals surface area contributed by atoms with Crippen molar-refractivity contribution in [1.29, 1.82) is 0 Å². The highest BCUT2D eigenvalue weighted by Gasteiger charge is 2.27. The van der Waals surface area contributed by atoms with Gasteiger partial charge in [0.2, 0.25) is 15.9 Å². The molecule has 37 heavy (non-hydrogen) atoms. The van der Waals surface area contributed by atoms with Crippen molar-refractivity contribution in [3.63, 3.8) is 0 Å². The van der Waals surface area contributed by atoms with E-state index in [0.29, 0.717) is 24.0 Å². The number of piperidine rings is 1. The number of carbonyl (C=O) groups excluding carboxylic acids is 1. The highest BCUT2D eigenvalue weighted by molar-refractivity contribution is 7.89. The van der Waals surface area contributed by atoms with Crippen LogP contribution < -0.4 is 16.0 Å². The van der Waals surface area contributed by atoms with Gasteiger partial charge < -0.3 is 20.5 Å². The minimum absolute atomic E-state index is 0.120. The molecule has 2 aromatic carbocycles. The van der Waals surface area contributed by atoms with Gasteiger partial charge in [-0.2, -0.15) is 4.31 Å². The highest BCUT2D eigenvalue weighted by atomic mass is 32.2. The quantitative estimate of drug-likeness (QED) is 0.429.